The molecule has 1 fully saturated rings. The zero-order valence-corrected chi connectivity index (χ0v) is 11.6. The van der Waals surface area contributed by atoms with Crippen LogP contribution >= 0.6 is 39.9 Å². The maximum atomic E-state index is 11.9. The first-order valence-electron chi connectivity index (χ1n) is 4.62. The number of thioether (sulfide) groups is 1. The molecule has 0 aromatic carbocycles. The molecule has 84 valence electrons. The summed E-state index contributed by atoms with van der Waals surface area (Å²) in [5.41, 5.74) is 0. The van der Waals surface area contributed by atoms with Gasteiger partial charge in [-0.2, -0.15) is 0 Å². The number of furan rings is 1. The number of amides is 1. The van der Waals surface area contributed by atoms with E-state index in [0.29, 0.717) is 26.2 Å². The third-order valence-corrected chi connectivity index (χ3v) is 3.86. The Labute approximate surface area is 111 Å². The zero-order valence-electron chi connectivity index (χ0n) is 8.40. The van der Waals surface area contributed by atoms with E-state index in [1.807, 2.05) is 6.92 Å². The molecule has 2 heterocycles. The molecular formula is C10H8BrNO2S2. The lowest BCUT2D eigenvalue weighted by Gasteiger charge is -2.09. The molecule has 6 heteroatoms. The van der Waals surface area contributed by atoms with Gasteiger partial charge in [-0.05, 0) is 35.0 Å². The number of likely N-dealkylation sites (N-methyl/N-ethyl adjacent to an activating group) is 1. The number of thiocarbonyl (C=S) groups is 1. The molecular weight excluding hydrogens is 310 g/mol. The van der Waals surface area contributed by atoms with Crippen molar-refractivity contribution in [1.29, 1.82) is 0 Å². The molecule has 0 saturated carbocycles. The molecule has 0 bridgehead atoms. The molecule has 0 spiro atoms. The van der Waals surface area contributed by atoms with E-state index in [9.17, 15) is 4.79 Å². The molecule has 1 aromatic heterocycles. The van der Waals surface area contributed by atoms with Gasteiger partial charge < -0.3 is 4.42 Å². The van der Waals surface area contributed by atoms with Crippen LogP contribution in [0.3, 0.4) is 0 Å². The first-order chi connectivity index (χ1) is 7.61. The number of carbonyl (C=O) groups excluding carboxylic acids is 1. The molecule has 2 rings (SSSR count). The third-order valence-electron chi connectivity index (χ3n) is 2.06. The number of nitrogens with zero attached hydrogens (tertiary/aromatic N) is 1. The minimum absolute atomic E-state index is 0.0509. The lowest BCUT2D eigenvalue weighted by molar-refractivity contribution is -0.121. The molecule has 3 nitrogen and oxygen atoms in total. The molecule has 0 unspecified atom stereocenters. The summed E-state index contributed by atoms with van der Waals surface area (Å²) in [4.78, 5) is 14.0. The van der Waals surface area contributed by atoms with E-state index in [2.05, 4.69) is 15.9 Å². The predicted octanol–water partition coefficient (Wildman–Crippen LogP) is 3.26. The molecule has 1 aliphatic rings. The van der Waals surface area contributed by atoms with Gasteiger partial charge in [0, 0.05) is 12.6 Å². The summed E-state index contributed by atoms with van der Waals surface area (Å²) in [5.74, 6) is 0.591. The first kappa shape index (κ1) is 11.9. The summed E-state index contributed by atoms with van der Waals surface area (Å²) in [6.07, 6.45) is 1.71. The van der Waals surface area contributed by atoms with Crippen molar-refractivity contribution in [2.45, 2.75) is 6.92 Å². The summed E-state index contributed by atoms with van der Waals surface area (Å²) in [7, 11) is 0. The Kier molecular flexibility index (Phi) is 3.51. The Balaban J connectivity index is 2.27. The van der Waals surface area contributed by atoms with Crippen LogP contribution in [-0.2, 0) is 4.79 Å². The Hall–Kier alpha value is -0.590. The van der Waals surface area contributed by atoms with Gasteiger partial charge in [-0.3, -0.25) is 9.69 Å². The van der Waals surface area contributed by atoms with Gasteiger partial charge in [0.15, 0.2) is 4.67 Å². The minimum Gasteiger partial charge on any atom is -0.450 e. The summed E-state index contributed by atoms with van der Waals surface area (Å²) >= 11 is 9.62. The summed E-state index contributed by atoms with van der Waals surface area (Å²) in [6, 6.07) is 3.58. The highest BCUT2D eigenvalue weighted by atomic mass is 79.9. The molecule has 1 amide bonds. The molecule has 0 N–H and O–H groups in total. The van der Waals surface area contributed by atoms with Gasteiger partial charge in [0.2, 0.25) is 0 Å². The quantitative estimate of drug-likeness (QED) is 0.619. The lowest BCUT2D eigenvalue weighted by Crippen LogP contribution is -2.27. The van der Waals surface area contributed by atoms with Crippen LogP contribution in [0.15, 0.2) is 26.1 Å². The van der Waals surface area contributed by atoms with Crippen molar-refractivity contribution in [3.8, 4) is 0 Å². The van der Waals surface area contributed by atoms with Crippen LogP contribution in [-0.4, -0.2) is 21.7 Å². The summed E-state index contributed by atoms with van der Waals surface area (Å²) in [5, 5.41) is 0. The van der Waals surface area contributed by atoms with Gasteiger partial charge in [-0.1, -0.05) is 24.0 Å². The average Bonchev–Trinajstić information content (AvgIpc) is 2.74. The van der Waals surface area contributed by atoms with Crippen LogP contribution in [0.2, 0.25) is 0 Å². The second-order valence-corrected chi connectivity index (χ2v) is 5.53. The van der Waals surface area contributed by atoms with Gasteiger partial charge in [0.05, 0.1) is 4.91 Å². The Morgan fingerprint density at radius 3 is 2.88 bits per heavy atom. The summed E-state index contributed by atoms with van der Waals surface area (Å²) < 4.78 is 6.56. The van der Waals surface area contributed by atoms with Crippen molar-refractivity contribution >= 4 is 56.2 Å². The molecule has 1 aliphatic heterocycles. The first-order valence-corrected chi connectivity index (χ1v) is 6.64. The van der Waals surface area contributed by atoms with Crippen LogP contribution in [0.5, 0.6) is 0 Å². The highest BCUT2D eigenvalue weighted by molar-refractivity contribution is 9.10. The topological polar surface area (TPSA) is 33.5 Å². The van der Waals surface area contributed by atoms with Crippen LogP contribution < -0.4 is 0 Å². The second-order valence-electron chi connectivity index (χ2n) is 3.07. The monoisotopic (exact) mass is 317 g/mol. The molecule has 1 saturated heterocycles. The van der Waals surface area contributed by atoms with E-state index >= 15 is 0 Å². The van der Waals surface area contributed by atoms with Gasteiger partial charge in [0.25, 0.3) is 5.91 Å². The van der Waals surface area contributed by atoms with Crippen molar-refractivity contribution in [3.63, 3.8) is 0 Å². The minimum atomic E-state index is -0.0509. The standard InChI is InChI=1S/C10H8BrNO2S2/c1-2-12-9(13)7(16-10(12)15)5-6-3-4-8(11)14-6/h3-5H,2H2,1H3/b7-5+. The lowest BCUT2D eigenvalue weighted by atomic mass is 10.3. The SMILES string of the molecule is CCN1C(=O)/C(=C\c2ccc(Br)o2)SC1=S. The van der Waals surface area contributed by atoms with Gasteiger partial charge in [-0.15, -0.1) is 0 Å². The molecule has 0 aliphatic carbocycles. The Bertz CT molecular complexity index is 481. The highest BCUT2D eigenvalue weighted by Crippen LogP contribution is 2.32. The maximum Gasteiger partial charge on any atom is 0.266 e. The number of carbonyl (C=O) groups is 1. The van der Waals surface area contributed by atoms with Crippen molar-refractivity contribution in [2.75, 3.05) is 6.54 Å². The predicted molar refractivity (Wildman–Crippen MR) is 72.0 cm³/mol. The highest BCUT2D eigenvalue weighted by Gasteiger charge is 2.30. The molecule has 0 atom stereocenters. The average molecular weight is 318 g/mol. The van der Waals surface area contributed by atoms with E-state index < -0.39 is 0 Å². The van der Waals surface area contributed by atoms with Crippen LogP contribution in [0.25, 0.3) is 6.08 Å². The van der Waals surface area contributed by atoms with Gasteiger partial charge in [0.1, 0.15) is 10.1 Å². The fraction of sp³-hybridized carbons (Fsp3) is 0.200. The fourth-order valence-electron chi connectivity index (χ4n) is 1.31. The van der Waals surface area contributed by atoms with E-state index in [-0.39, 0.29) is 5.91 Å². The number of hydrogen-bond donors (Lipinski definition) is 0. The molecule has 16 heavy (non-hydrogen) atoms. The van der Waals surface area contributed by atoms with Crippen molar-refractivity contribution in [3.05, 3.63) is 27.5 Å². The smallest absolute Gasteiger partial charge is 0.266 e. The van der Waals surface area contributed by atoms with Crippen LogP contribution in [0.4, 0.5) is 0 Å². The largest absolute Gasteiger partial charge is 0.450 e. The zero-order chi connectivity index (χ0) is 11.7. The Morgan fingerprint density at radius 2 is 2.38 bits per heavy atom. The van der Waals surface area contributed by atoms with Crippen molar-refractivity contribution in [1.82, 2.24) is 4.90 Å². The number of halogens is 1. The number of rotatable bonds is 2. The van der Waals surface area contributed by atoms with Crippen LogP contribution in [0, 0.1) is 0 Å². The van der Waals surface area contributed by atoms with Crippen LogP contribution in [0.1, 0.15) is 12.7 Å². The van der Waals surface area contributed by atoms with E-state index in [1.54, 1.807) is 23.1 Å². The Morgan fingerprint density at radius 1 is 1.62 bits per heavy atom. The summed E-state index contributed by atoms with van der Waals surface area (Å²) in [6.45, 7) is 2.50. The van der Waals surface area contributed by atoms with E-state index in [4.69, 9.17) is 16.6 Å². The van der Waals surface area contributed by atoms with Crippen molar-refractivity contribution < 1.29 is 9.21 Å². The van der Waals surface area contributed by atoms with Gasteiger partial charge >= 0.3 is 0 Å². The van der Waals surface area contributed by atoms with E-state index in [0.717, 1.165) is 0 Å². The van der Waals surface area contributed by atoms with Gasteiger partial charge in [-0.25, -0.2) is 0 Å². The third kappa shape index (κ3) is 2.23. The van der Waals surface area contributed by atoms with E-state index in [1.165, 1.54) is 11.8 Å². The number of hydrogen-bond acceptors (Lipinski definition) is 4. The normalized spacial score (nSPS) is 18.9. The molecule has 0 radical (unpaired) electrons. The van der Waals surface area contributed by atoms with Crippen molar-refractivity contribution in [2.24, 2.45) is 0 Å². The fourth-order valence-corrected chi connectivity index (χ4v) is 2.99. The molecule has 1 aromatic rings. The second kappa shape index (κ2) is 4.73. The maximum absolute atomic E-state index is 11.9.